The zero-order chi connectivity index (χ0) is 13.1. The van der Waals surface area contributed by atoms with Crippen molar-refractivity contribution in [3.63, 3.8) is 0 Å². The summed E-state index contributed by atoms with van der Waals surface area (Å²) in [5, 5.41) is 4.07. The molecule has 2 aromatic heterocycles. The van der Waals surface area contributed by atoms with Gasteiger partial charge < -0.3 is 0 Å². The normalized spacial score (nSPS) is 10.6. The highest BCUT2D eigenvalue weighted by Crippen LogP contribution is 2.21. The first kappa shape index (κ1) is 13.4. The number of carbonyl (C=O) groups is 1. The summed E-state index contributed by atoms with van der Waals surface area (Å²) in [4.78, 5) is 16.2. The maximum atomic E-state index is 12.0. The van der Waals surface area contributed by atoms with Gasteiger partial charge in [0.2, 0.25) is 0 Å². The number of hydrogen-bond acceptors (Lipinski definition) is 3. The second-order valence-electron chi connectivity index (χ2n) is 3.85. The van der Waals surface area contributed by atoms with E-state index in [1.807, 2.05) is 19.2 Å². The molecule has 0 aliphatic rings. The first-order valence-corrected chi connectivity index (χ1v) is 6.97. The summed E-state index contributed by atoms with van der Waals surface area (Å²) in [6.07, 6.45) is 4.45. The smallest absolute Gasteiger partial charge is 0.182 e. The molecular weight excluding hydrogens is 362 g/mol. The van der Waals surface area contributed by atoms with Gasteiger partial charge in [-0.15, -0.1) is 0 Å². The lowest BCUT2D eigenvalue weighted by molar-refractivity contribution is 0.0976. The summed E-state index contributed by atoms with van der Waals surface area (Å²) in [5.41, 5.74) is 1.51. The van der Waals surface area contributed by atoms with Gasteiger partial charge in [-0.3, -0.25) is 14.5 Å². The van der Waals surface area contributed by atoms with Crippen LogP contribution in [0.4, 0.5) is 0 Å². The highest BCUT2D eigenvalue weighted by atomic mass is 79.9. The Kier molecular flexibility index (Phi) is 4.29. The number of nitrogens with zero attached hydrogens (tertiary/aromatic N) is 3. The highest BCUT2D eigenvalue weighted by molar-refractivity contribution is 9.11. The first-order valence-electron chi connectivity index (χ1n) is 5.39. The Morgan fingerprint density at radius 1 is 1.44 bits per heavy atom. The number of halogens is 2. The summed E-state index contributed by atoms with van der Waals surface area (Å²) in [6, 6.07) is 3.74. The van der Waals surface area contributed by atoms with Gasteiger partial charge in [0.1, 0.15) is 5.69 Å². The van der Waals surface area contributed by atoms with Crippen LogP contribution in [0.15, 0.2) is 33.5 Å². The average Bonchev–Trinajstić information content (AvgIpc) is 2.72. The molecule has 0 unspecified atom stereocenters. The van der Waals surface area contributed by atoms with Crippen LogP contribution in [0.2, 0.25) is 0 Å². The quantitative estimate of drug-likeness (QED) is 0.774. The van der Waals surface area contributed by atoms with Gasteiger partial charge in [0, 0.05) is 40.5 Å². The zero-order valence-corrected chi connectivity index (χ0v) is 12.9. The van der Waals surface area contributed by atoms with Crippen LogP contribution in [0, 0.1) is 0 Å². The average molecular weight is 373 g/mol. The molecule has 2 heterocycles. The topological polar surface area (TPSA) is 47.8 Å². The molecule has 0 fully saturated rings. The molecule has 18 heavy (non-hydrogen) atoms. The fraction of sp³-hybridized carbons (Fsp3) is 0.250. The largest absolute Gasteiger partial charge is 0.292 e. The number of ketones is 1. The SMILES string of the molecule is Cn1nccc1CCC(=O)c1ncc(Br)cc1Br. The molecule has 0 amide bonds. The number of hydrogen-bond donors (Lipinski definition) is 0. The first-order chi connectivity index (χ1) is 8.58. The third-order valence-electron chi connectivity index (χ3n) is 2.60. The van der Waals surface area contributed by atoms with Crippen molar-refractivity contribution in [2.45, 2.75) is 12.8 Å². The molecule has 0 spiro atoms. The maximum absolute atomic E-state index is 12.0. The van der Waals surface area contributed by atoms with Gasteiger partial charge in [0.25, 0.3) is 0 Å². The van der Waals surface area contributed by atoms with Crippen molar-refractivity contribution in [3.8, 4) is 0 Å². The van der Waals surface area contributed by atoms with Crippen molar-refractivity contribution in [3.05, 3.63) is 44.9 Å². The Balaban J connectivity index is 2.06. The number of Topliss-reactive ketones (excluding diaryl/α,β-unsaturated/α-hetero) is 1. The Hall–Kier alpha value is -1.01. The molecule has 0 N–H and O–H groups in total. The number of pyridine rings is 1. The van der Waals surface area contributed by atoms with Gasteiger partial charge in [-0.05, 0) is 50.4 Å². The van der Waals surface area contributed by atoms with Crippen LogP contribution in [0.3, 0.4) is 0 Å². The standard InChI is InChI=1S/C12H11Br2N3O/c1-17-9(4-5-16-17)2-3-11(18)12-10(14)6-8(13)7-15-12/h4-7H,2-3H2,1H3. The van der Waals surface area contributed by atoms with E-state index in [-0.39, 0.29) is 5.78 Å². The van der Waals surface area contributed by atoms with E-state index in [4.69, 9.17) is 0 Å². The lowest BCUT2D eigenvalue weighted by Crippen LogP contribution is -2.07. The molecule has 4 nitrogen and oxygen atoms in total. The Bertz CT molecular complexity index is 580. The second-order valence-corrected chi connectivity index (χ2v) is 5.62. The van der Waals surface area contributed by atoms with Crippen molar-refractivity contribution in [1.82, 2.24) is 14.8 Å². The summed E-state index contributed by atoms with van der Waals surface area (Å²) < 4.78 is 3.33. The van der Waals surface area contributed by atoms with Crippen LogP contribution in [0.5, 0.6) is 0 Å². The highest BCUT2D eigenvalue weighted by Gasteiger charge is 2.13. The predicted octanol–water partition coefficient (Wildman–Crippen LogP) is 3.16. The Labute approximate surface area is 122 Å². The summed E-state index contributed by atoms with van der Waals surface area (Å²) in [5.74, 6) is 0.0237. The summed E-state index contributed by atoms with van der Waals surface area (Å²) >= 11 is 6.66. The van der Waals surface area contributed by atoms with Crippen molar-refractivity contribution < 1.29 is 4.79 Å². The number of carbonyl (C=O) groups excluding carboxylic acids is 1. The molecule has 0 saturated heterocycles. The molecule has 0 atom stereocenters. The second kappa shape index (κ2) is 5.75. The molecule has 2 aromatic rings. The van der Waals surface area contributed by atoms with Gasteiger partial charge in [0.05, 0.1) is 0 Å². The van der Waals surface area contributed by atoms with Crippen LogP contribution in [-0.2, 0) is 13.5 Å². The van der Waals surface area contributed by atoms with E-state index in [0.717, 1.165) is 10.2 Å². The van der Waals surface area contributed by atoms with E-state index >= 15 is 0 Å². The fourth-order valence-corrected chi connectivity index (χ4v) is 2.83. The monoisotopic (exact) mass is 371 g/mol. The predicted molar refractivity (Wildman–Crippen MR) is 75.5 cm³/mol. The molecule has 0 aromatic carbocycles. The minimum atomic E-state index is 0.0237. The molecular formula is C12H11Br2N3O. The Morgan fingerprint density at radius 3 is 2.83 bits per heavy atom. The molecule has 0 radical (unpaired) electrons. The van der Waals surface area contributed by atoms with Gasteiger partial charge in [-0.25, -0.2) is 0 Å². The third-order valence-corrected chi connectivity index (χ3v) is 3.64. The van der Waals surface area contributed by atoms with E-state index in [9.17, 15) is 4.79 Å². The number of rotatable bonds is 4. The minimum absolute atomic E-state index is 0.0237. The van der Waals surface area contributed by atoms with Crippen LogP contribution in [0.25, 0.3) is 0 Å². The van der Waals surface area contributed by atoms with Crippen LogP contribution in [0.1, 0.15) is 22.6 Å². The maximum Gasteiger partial charge on any atom is 0.182 e. The molecule has 0 bridgehead atoms. The summed E-state index contributed by atoms with van der Waals surface area (Å²) in [7, 11) is 1.87. The number of aryl methyl sites for hydroxylation is 2. The van der Waals surface area contributed by atoms with E-state index in [1.165, 1.54) is 0 Å². The van der Waals surface area contributed by atoms with Crippen molar-refractivity contribution >= 4 is 37.6 Å². The molecule has 6 heteroatoms. The molecule has 0 aliphatic carbocycles. The molecule has 0 saturated carbocycles. The van der Waals surface area contributed by atoms with Gasteiger partial charge in [-0.2, -0.15) is 5.10 Å². The van der Waals surface area contributed by atoms with E-state index in [1.54, 1.807) is 17.1 Å². The van der Waals surface area contributed by atoms with Crippen molar-refractivity contribution in [1.29, 1.82) is 0 Å². The third kappa shape index (κ3) is 3.05. The van der Waals surface area contributed by atoms with Crippen molar-refractivity contribution in [2.75, 3.05) is 0 Å². The molecule has 0 aliphatic heterocycles. The Morgan fingerprint density at radius 2 is 2.22 bits per heavy atom. The van der Waals surface area contributed by atoms with Gasteiger partial charge >= 0.3 is 0 Å². The van der Waals surface area contributed by atoms with Crippen LogP contribution < -0.4 is 0 Å². The molecule has 94 valence electrons. The van der Waals surface area contributed by atoms with Crippen LogP contribution in [-0.4, -0.2) is 20.5 Å². The molecule has 2 rings (SSSR count). The van der Waals surface area contributed by atoms with E-state index < -0.39 is 0 Å². The fourth-order valence-electron chi connectivity index (χ4n) is 1.63. The van der Waals surface area contributed by atoms with Gasteiger partial charge in [-0.1, -0.05) is 0 Å². The lowest BCUT2D eigenvalue weighted by atomic mass is 10.1. The van der Waals surface area contributed by atoms with Gasteiger partial charge in [0.15, 0.2) is 5.78 Å². The van der Waals surface area contributed by atoms with Crippen molar-refractivity contribution in [2.24, 2.45) is 7.05 Å². The zero-order valence-electron chi connectivity index (χ0n) is 9.73. The lowest BCUT2D eigenvalue weighted by Gasteiger charge is -2.04. The van der Waals surface area contributed by atoms with E-state index in [0.29, 0.717) is 23.0 Å². The van der Waals surface area contributed by atoms with Crippen LogP contribution >= 0.6 is 31.9 Å². The van der Waals surface area contributed by atoms with E-state index in [2.05, 4.69) is 41.9 Å². The minimum Gasteiger partial charge on any atom is -0.292 e. The summed E-state index contributed by atoms with van der Waals surface area (Å²) in [6.45, 7) is 0. The number of aromatic nitrogens is 3.